The first-order chi connectivity index (χ1) is 3.95. The average molecular weight is 112 g/mol. The zero-order valence-corrected chi connectivity index (χ0v) is 5.06. The molecule has 0 spiro atoms. The van der Waals surface area contributed by atoms with Gasteiger partial charge in [-0.05, 0) is 13.0 Å². The van der Waals surface area contributed by atoms with Crippen LogP contribution in [0.5, 0.6) is 0 Å². The Hall–Kier alpha value is -0.0800. The number of hydrogen-bond acceptors (Lipinski definition) is 2. The maximum Gasteiger partial charge on any atom is 0.0205 e. The van der Waals surface area contributed by atoms with Gasteiger partial charge in [0.2, 0.25) is 0 Å². The summed E-state index contributed by atoms with van der Waals surface area (Å²) in [6.07, 6.45) is 1.38. The third-order valence-electron chi connectivity index (χ3n) is 1.83. The van der Waals surface area contributed by atoms with E-state index in [0.29, 0.717) is 0 Å². The zero-order chi connectivity index (χ0) is 5.40. The van der Waals surface area contributed by atoms with Gasteiger partial charge in [0.1, 0.15) is 0 Å². The van der Waals surface area contributed by atoms with Gasteiger partial charge in [0, 0.05) is 25.7 Å². The van der Waals surface area contributed by atoms with Crippen molar-refractivity contribution in [1.29, 1.82) is 0 Å². The Morgan fingerprint density at radius 2 is 2.25 bits per heavy atom. The highest BCUT2D eigenvalue weighted by Gasteiger charge is 2.23. The maximum absolute atomic E-state index is 3.29. The highest BCUT2D eigenvalue weighted by atomic mass is 15.3. The molecule has 0 bridgehead atoms. The van der Waals surface area contributed by atoms with Crippen molar-refractivity contribution in [2.24, 2.45) is 0 Å². The highest BCUT2D eigenvalue weighted by Crippen LogP contribution is 2.09. The summed E-state index contributed by atoms with van der Waals surface area (Å²) in [7, 11) is 0. The molecule has 2 rings (SSSR count). The van der Waals surface area contributed by atoms with Gasteiger partial charge in [-0.2, -0.15) is 0 Å². The summed E-state index contributed by atoms with van der Waals surface area (Å²) in [5.41, 5.74) is 0. The van der Waals surface area contributed by atoms with Crippen LogP contribution < -0.4 is 5.32 Å². The van der Waals surface area contributed by atoms with E-state index in [4.69, 9.17) is 0 Å². The summed E-state index contributed by atoms with van der Waals surface area (Å²) in [6.45, 7) is 5.31. The summed E-state index contributed by atoms with van der Waals surface area (Å²) >= 11 is 0. The van der Waals surface area contributed by atoms with Crippen LogP contribution in [0.1, 0.15) is 6.42 Å². The van der Waals surface area contributed by atoms with E-state index < -0.39 is 0 Å². The monoisotopic (exact) mass is 112 g/mol. The Morgan fingerprint density at radius 1 is 1.50 bits per heavy atom. The normalized spacial score (nSPS) is 35.2. The summed E-state index contributed by atoms with van der Waals surface area (Å²) in [5, 5.41) is 3.29. The lowest BCUT2D eigenvalue weighted by atomic mass is 10.3. The molecule has 1 unspecified atom stereocenters. The first-order valence-corrected chi connectivity index (χ1v) is 3.41. The zero-order valence-electron chi connectivity index (χ0n) is 5.06. The van der Waals surface area contributed by atoms with Gasteiger partial charge in [-0.25, -0.2) is 0 Å². The lowest BCUT2D eigenvalue weighted by Crippen LogP contribution is -2.03. The van der Waals surface area contributed by atoms with Crippen LogP contribution in [0.2, 0.25) is 0 Å². The summed E-state index contributed by atoms with van der Waals surface area (Å²) in [5.74, 6) is 0. The molecule has 46 valence electrons. The maximum atomic E-state index is 3.29. The van der Waals surface area contributed by atoms with Crippen molar-refractivity contribution in [1.82, 2.24) is 10.2 Å². The second-order valence-electron chi connectivity index (χ2n) is 2.74. The molecule has 2 fully saturated rings. The molecule has 0 aromatic rings. The lowest BCUT2D eigenvalue weighted by Gasteiger charge is -1.94. The number of nitrogens with one attached hydrogen (secondary N) is 1. The van der Waals surface area contributed by atoms with Crippen molar-refractivity contribution in [3.05, 3.63) is 0 Å². The molecule has 1 N–H and O–H groups in total. The molecular weight excluding hydrogens is 100 g/mol. The van der Waals surface area contributed by atoms with Crippen molar-refractivity contribution in [3.8, 4) is 0 Å². The van der Waals surface area contributed by atoms with Crippen LogP contribution in [-0.4, -0.2) is 37.1 Å². The van der Waals surface area contributed by atoms with E-state index in [0.717, 1.165) is 6.04 Å². The van der Waals surface area contributed by atoms with Crippen LogP contribution in [0, 0.1) is 0 Å². The molecule has 8 heavy (non-hydrogen) atoms. The first kappa shape index (κ1) is 4.77. The molecule has 0 amide bonds. The molecule has 2 saturated heterocycles. The summed E-state index contributed by atoms with van der Waals surface area (Å²) in [4.78, 5) is 2.47. The van der Waals surface area contributed by atoms with E-state index in [9.17, 15) is 0 Å². The predicted molar refractivity (Wildman–Crippen MR) is 32.8 cm³/mol. The quantitative estimate of drug-likeness (QED) is 0.505. The van der Waals surface area contributed by atoms with Gasteiger partial charge in [-0.3, -0.25) is 0 Å². The van der Waals surface area contributed by atoms with Crippen molar-refractivity contribution >= 4 is 0 Å². The van der Waals surface area contributed by atoms with E-state index >= 15 is 0 Å². The van der Waals surface area contributed by atoms with E-state index in [2.05, 4.69) is 10.2 Å². The van der Waals surface area contributed by atoms with Crippen molar-refractivity contribution in [3.63, 3.8) is 0 Å². The Kier molecular flexibility index (Phi) is 1.02. The molecule has 2 aliphatic rings. The van der Waals surface area contributed by atoms with Crippen LogP contribution in [0.4, 0.5) is 0 Å². The van der Waals surface area contributed by atoms with Crippen molar-refractivity contribution < 1.29 is 0 Å². The van der Waals surface area contributed by atoms with Gasteiger partial charge in [-0.15, -0.1) is 0 Å². The summed E-state index contributed by atoms with van der Waals surface area (Å²) in [6, 6.07) is 0.885. The second kappa shape index (κ2) is 1.71. The number of rotatable bonds is 3. The van der Waals surface area contributed by atoms with Crippen molar-refractivity contribution in [2.45, 2.75) is 12.5 Å². The fraction of sp³-hybridized carbons (Fsp3) is 1.00. The summed E-state index contributed by atoms with van der Waals surface area (Å²) < 4.78 is 0. The molecule has 2 nitrogen and oxygen atoms in total. The van der Waals surface area contributed by atoms with Crippen LogP contribution in [-0.2, 0) is 0 Å². The molecule has 2 aliphatic heterocycles. The molecule has 0 aromatic heterocycles. The largest absolute Gasteiger partial charge is 0.311 e. The van der Waals surface area contributed by atoms with E-state index in [1.165, 1.54) is 32.6 Å². The van der Waals surface area contributed by atoms with Crippen LogP contribution in [0.25, 0.3) is 0 Å². The molecule has 2 heterocycles. The fourth-order valence-electron chi connectivity index (χ4n) is 0.920. The van der Waals surface area contributed by atoms with Crippen LogP contribution >= 0.6 is 0 Å². The topological polar surface area (TPSA) is 25.0 Å². The van der Waals surface area contributed by atoms with Crippen molar-refractivity contribution in [2.75, 3.05) is 26.2 Å². The molecule has 0 radical (unpaired) electrons. The molecule has 0 saturated carbocycles. The minimum atomic E-state index is 0.885. The van der Waals surface area contributed by atoms with Gasteiger partial charge in [0.25, 0.3) is 0 Å². The second-order valence-corrected chi connectivity index (χ2v) is 2.74. The van der Waals surface area contributed by atoms with E-state index in [1.807, 2.05) is 0 Å². The minimum Gasteiger partial charge on any atom is -0.311 e. The Labute approximate surface area is 49.9 Å². The lowest BCUT2D eigenvalue weighted by molar-refractivity contribution is 0.532. The molecule has 1 atom stereocenters. The highest BCUT2D eigenvalue weighted by molar-refractivity contribution is 4.85. The third kappa shape index (κ3) is 1.20. The van der Waals surface area contributed by atoms with Gasteiger partial charge in [-0.1, -0.05) is 0 Å². The van der Waals surface area contributed by atoms with Crippen LogP contribution in [0.3, 0.4) is 0 Å². The number of nitrogens with zero attached hydrogens (tertiary/aromatic N) is 1. The molecule has 0 aliphatic carbocycles. The van der Waals surface area contributed by atoms with Gasteiger partial charge < -0.3 is 10.2 Å². The molecule has 0 aromatic carbocycles. The van der Waals surface area contributed by atoms with Crippen LogP contribution in [0.15, 0.2) is 0 Å². The van der Waals surface area contributed by atoms with E-state index in [-0.39, 0.29) is 0 Å². The third-order valence-corrected chi connectivity index (χ3v) is 1.83. The van der Waals surface area contributed by atoms with Gasteiger partial charge in [0.15, 0.2) is 0 Å². The number of hydrogen-bond donors (Lipinski definition) is 1. The average Bonchev–Trinajstić information content (AvgIpc) is 2.60. The standard InChI is InChI=1S/C6H12N2/c1(6-5-7-6)2-8-3-4-8/h6-7H,1-5H2. The smallest absolute Gasteiger partial charge is 0.0205 e. The molecular formula is C6H12N2. The first-order valence-electron chi connectivity index (χ1n) is 3.41. The Morgan fingerprint density at radius 3 is 2.75 bits per heavy atom. The van der Waals surface area contributed by atoms with E-state index in [1.54, 1.807) is 0 Å². The predicted octanol–water partition coefficient (Wildman–Crippen LogP) is -0.336. The Bertz CT molecular complexity index is 72.5. The fourth-order valence-corrected chi connectivity index (χ4v) is 0.920. The Balaban J connectivity index is 1.56. The van der Waals surface area contributed by atoms with Gasteiger partial charge >= 0.3 is 0 Å². The molecule has 2 heteroatoms. The van der Waals surface area contributed by atoms with Gasteiger partial charge in [0.05, 0.1) is 0 Å². The minimum absolute atomic E-state index is 0.885. The SMILES string of the molecule is C(CN1CC1)C1CN1.